The van der Waals surface area contributed by atoms with Gasteiger partial charge in [-0.05, 0) is 19.1 Å². The zero-order valence-electron chi connectivity index (χ0n) is 10.3. The smallest absolute Gasteiger partial charge is 0.230 e. The van der Waals surface area contributed by atoms with Gasteiger partial charge in [0.2, 0.25) is 11.9 Å². The van der Waals surface area contributed by atoms with Gasteiger partial charge in [-0.2, -0.15) is 0 Å². The molecule has 0 bridgehead atoms. The first kappa shape index (κ1) is 15.3. The molecular weight excluding hydrogens is 289 g/mol. The molecular formula is C11H11Cl2N5O. The van der Waals surface area contributed by atoms with Crippen LogP contribution in [0.25, 0.3) is 0 Å². The summed E-state index contributed by atoms with van der Waals surface area (Å²) >= 11 is 11.0. The molecule has 1 amide bonds. The minimum absolute atomic E-state index is 0.215. The topological polar surface area (TPSA) is 80.7 Å². The molecule has 0 aliphatic heterocycles. The van der Waals surface area contributed by atoms with E-state index in [0.717, 1.165) is 0 Å². The van der Waals surface area contributed by atoms with Crippen LogP contribution in [0.5, 0.6) is 0 Å². The minimum atomic E-state index is -0.215. The zero-order chi connectivity index (χ0) is 14.3. The van der Waals surface area contributed by atoms with Gasteiger partial charge in [0.25, 0.3) is 0 Å². The maximum absolute atomic E-state index is 10.5. The molecule has 1 N–H and O–H groups in total. The molecule has 0 aliphatic rings. The fraction of sp³-hybridized carbons (Fsp3) is 0.182. The zero-order valence-corrected chi connectivity index (χ0v) is 11.8. The largest absolute Gasteiger partial charge is 0.295 e. The highest BCUT2D eigenvalue weighted by atomic mass is 35.5. The summed E-state index contributed by atoms with van der Waals surface area (Å²) in [5.41, 5.74) is 0. The highest BCUT2D eigenvalue weighted by Crippen LogP contribution is 2.04. The second kappa shape index (κ2) is 7.60. The van der Waals surface area contributed by atoms with Gasteiger partial charge in [-0.1, -0.05) is 23.2 Å². The Morgan fingerprint density at radius 2 is 1.68 bits per heavy atom. The number of carbonyl (C=O) groups is 1. The number of halogens is 2. The van der Waals surface area contributed by atoms with Crippen molar-refractivity contribution in [2.45, 2.75) is 13.8 Å². The van der Waals surface area contributed by atoms with Crippen molar-refractivity contribution < 1.29 is 4.79 Å². The average molecular weight is 300 g/mol. The summed E-state index contributed by atoms with van der Waals surface area (Å²) in [5, 5.41) is 3.21. The van der Waals surface area contributed by atoms with E-state index in [1.807, 2.05) is 0 Å². The van der Waals surface area contributed by atoms with Crippen molar-refractivity contribution in [1.82, 2.24) is 19.9 Å². The van der Waals surface area contributed by atoms with Crippen LogP contribution in [0.15, 0.2) is 24.5 Å². The summed E-state index contributed by atoms with van der Waals surface area (Å²) in [5.74, 6) is 0.717. The van der Waals surface area contributed by atoms with Crippen molar-refractivity contribution >= 4 is 35.1 Å². The molecule has 0 saturated heterocycles. The molecule has 8 heteroatoms. The highest BCUT2D eigenvalue weighted by Gasteiger charge is 1.97. The van der Waals surface area contributed by atoms with Crippen LogP contribution in [0.3, 0.4) is 0 Å². The van der Waals surface area contributed by atoms with Crippen LogP contribution >= 0.6 is 23.2 Å². The number of nitrogens with zero attached hydrogens (tertiary/aromatic N) is 4. The minimum Gasteiger partial charge on any atom is -0.295 e. The summed E-state index contributed by atoms with van der Waals surface area (Å²) in [6.07, 6.45) is 3.10. The molecule has 2 aromatic rings. The highest BCUT2D eigenvalue weighted by molar-refractivity contribution is 6.29. The third-order valence-electron chi connectivity index (χ3n) is 1.65. The number of hydrogen-bond donors (Lipinski definition) is 1. The monoisotopic (exact) mass is 299 g/mol. The number of rotatable bonds is 1. The quantitative estimate of drug-likeness (QED) is 0.818. The van der Waals surface area contributed by atoms with Gasteiger partial charge in [-0.15, -0.1) is 0 Å². The first-order valence-electron chi connectivity index (χ1n) is 5.18. The Bertz CT molecular complexity index is 547. The molecule has 6 nitrogen and oxygen atoms in total. The average Bonchev–Trinajstić information content (AvgIpc) is 2.28. The van der Waals surface area contributed by atoms with Gasteiger partial charge < -0.3 is 0 Å². The van der Waals surface area contributed by atoms with Crippen molar-refractivity contribution in [3.8, 4) is 0 Å². The van der Waals surface area contributed by atoms with E-state index in [9.17, 15) is 4.79 Å². The third-order valence-corrected chi connectivity index (χ3v) is 2.07. The maximum atomic E-state index is 10.5. The van der Waals surface area contributed by atoms with E-state index in [4.69, 9.17) is 23.2 Å². The van der Waals surface area contributed by atoms with Crippen molar-refractivity contribution in [3.63, 3.8) is 0 Å². The number of anilines is 1. The molecule has 2 rings (SSSR count). The van der Waals surface area contributed by atoms with E-state index in [1.165, 1.54) is 19.2 Å². The summed E-state index contributed by atoms with van der Waals surface area (Å²) in [6, 6.07) is 3.18. The molecule has 0 fully saturated rings. The van der Waals surface area contributed by atoms with Crippen molar-refractivity contribution in [1.29, 1.82) is 0 Å². The number of hydrogen-bond acceptors (Lipinski definition) is 5. The normalized spacial score (nSPS) is 9.26. The summed E-state index contributed by atoms with van der Waals surface area (Å²) < 4.78 is 0. The van der Waals surface area contributed by atoms with Crippen LogP contribution in [-0.2, 0) is 4.79 Å². The second-order valence-corrected chi connectivity index (χ2v) is 4.09. The number of nitrogens with one attached hydrogen (secondary N) is 1. The predicted octanol–water partition coefficient (Wildman–Crippen LogP) is 2.53. The third kappa shape index (κ3) is 6.64. The molecule has 0 atom stereocenters. The van der Waals surface area contributed by atoms with E-state index in [2.05, 4.69) is 25.3 Å². The van der Waals surface area contributed by atoms with E-state index < -0.39 is 0 Å². The lowest BCUT2D eigenvalue weighted by Gasteiger charge is -1.97. The van der Waals surface area contributed by atoms with Crippen molar-refractivity contribution in [3.05, 3.63) is 40.7 Å². The summed E-state index contributed by atoms with van der Waals surface area (Å²) in [7, 11) is 0. The van der Waals surface area contributed by atoms with Crippen LogP contribution < -0.4 is 5.32 Å². The first-order valence-corrected chi connectivity index (χ1v) is 5.94. The fourth-order valence-electron chi connectivity index (χ4n) is 0.982. The molecule has 100 valence electrons. The molecule has 0 unspecified atom stereocenters. The van der Waals surface area contributed by atoms with Gasteiger partial charge in [0.1, 0.15) is 16.1 Å². The lowest BCUT2D eigenvalue weighted by molar-refractivity contribution is -0.114. The number of aryl methyl sites for hydroxylation is 1. The van der Waals surface area contributed by atoms with E-state index >= 15 is 0 Å². The Morgan fingerprint density at radius 3 is 2.11 bits per heavy atom. The lowest BCUT2D eigenvalue weighted by Crippen LogP contribution is -2.08. The van der Waals surface area contributed by atoms with Crippen molar-refractivity contribution in [2.24, 2.45) is 0 Å². The van der Waals surface area contributed by atoms with Crippen LogP contribution in [0.4, 0.5) is 5.95 Å². The first-order chi connectivity index (χ1) is 8.97. The predicted molar refractivity (Wildman–Crippen MR) is 73.1 cm³/mol. The molecule has 0 aromatic carbocycles. The Morgan fingerprint density at radius 1 is 1.11 bits per heavy atom. The SMILES string of the molecule is CC(=O)Nc1nccc(Cl)n1.Cc1nccc(Cl)n1. The Kier molecular flexibility index (Phi) is 6.11. The number of amides is 1. The standard InChI is InChI=1S/C6H6ClN3O.C5H5ClN2/c1-4(11)9-6-8-3-2-5(7)10-6;1-4-7-3-2-5(6)8-4/h2-3H,1H3,(H,8,9,10,11);2-3H,1H3. The van der Waals surface area contributed by atoms with Gasteiger partial charge in [0.15, 0.2) is 0 Å². The van der Waals surface area contributed by atoms with E-state index in [0.29, 0.717) is 16.1 Å². The molecule has 2 heterocycles. The van der Waals surface area contributed by atoms with Gasteiger partial charge in [0.05, 0.1) is 0 Å². The van der Waals surface area contributed by atoms with Crippen LogP contribution in [-0.4, -0.2) is 25.8 Å². The number of carbonyl (C=O) groups excluding carboxylic acids is 1. The molecule has 0 radical (unpaired) electrons. The summed E-state index contributed by atoms with van der Waals surface area (Å²) in [4.78, 5) is 25.7. The second-order valence-electron chi connectivity index (χ2n) is 3.31. The fourth-order valence-corrected chi connectivity index (χ4v) is 1.30. The molecule has 19 heavy (non-hydrogen) atoms. The molecule has 2 aromatic heterocycles. The van der Waals surface area contributed by atoms with Gasteiger partial charge >= 0.3 is 0 Å². The van der Waals surface area contributed by atoms with E-state index in [-0.39, 0.29) is 11.9 Å². The molecule has 0 aliphatic carbocycles. The Labute approximate surface area is 120 Å². The van der Waals surface area contributed by atoms with E-state index in [1.54, 1.807) is 19.2 Å². The Balaban J connectivity index is 0.000000200. The molecule has 0 saturated carbocycles. The van der Waals surface area contributed by atoms with Gasteiger partial charge in [0, 0.05) is 19.3 Å². The number of aromatic nitrogens is 4. The van der Waals surface area contributed by atoms with Crippen LogP contribution in [0, 0.1) is 6.92 Å². The van der Waals surface area contributed by atoms with Crippen LogP contribution in [0.2, 0.25) is 10.3 Å². The van der Waals surface area contributed by atoms with Gasteiger partial charge in [-0.3, -0.25) is 10.1 Å². The molecule has 0 spiro atoms. The lowest BCUT2D eigenvalue weighted by atomic mass is 10.6. The van der Waals surface area contributed by atoms with Gasteiger partial charge in [-0.25, -0.2) is 19.9 Å². The Hall–Kier alpha value is -1.79. The van der Waals surface area contributed by atoms with Crippen molar-refractivity contribution in [2.75, 3.05) is 5.32 Å². The summed E-state index contributed by atoms with van der Waals surface area (Å²) in [6.45, 7) is 3.18. The van der Waals surface area contributed by atoms with Crippen LogP contribution in [0.1, 0.15) is 12.7 Å². The maximum Gasteiger partial charge on any atom is 0.230 e.